The number of Topliss-reactive ketones (excluding diaryl/α,β-unsaturated/α-hetero) is 1. The van der Waals surface area contributed by atoms with Gasteiger partial charge in [-0.1, -0.05) is 18.2 Å². The summed E-state index contributed by atoms with van der Waals surface area (Å²) in [6.07, 6.45) is -0.0254. The standard InChI is InChI=1S/C18H24NO5PS/c1-4-23-25(22,24-5-2)11-17(21)16(19-13(3)20)10-14-12-26-18-9-7-6-8-15(14)18/h6-9,12,16H,4-5,10-11H2,1-3H3,(H,19,20). The summed E-state index contributed by atoms with van der Waals surface area (Å²) in [6, 6.07) is 7.12. The van der Waals surface area contributed by atoms with Gasteiger partial charge in [0, 0.05) is 18.0 Å². The van der Waals surface area contributed by atoms with Gasteiger partial charge in [0.05, 0.1) is 19.3 Å². The molecule has 0 spiro atoms. The highest BCUT2D eigenvalue weighted by atomic mass is 32.1. The third kappa shape index (κ3) is 5.48. The molecule has 1 atom stereocenters. The van der Waals surface area contributed by atoms with Crippen LogP contribution in [-0.2, 0) is 29.6 Å². The van der Waals surface area contributed by atoms with E-state index >= 15 is 0 Å². The summed E-state index contributed by atoms with van der Waals surface area (Å²) in [7, 11) is -3.51. The van der Waals surface area contributed by atoms with Crippen molar-refractivity contribution in [2.45, 2.75) is 33.2 Å². The second-order valence-electron chi connectivity index (χ2n) is 5.79. The first kappa shape index (κ1) is 20.8. The van der Waals surface area contributed by atoms with E-state index in [0.717, 1.165) is 15.6 Å². The van der Waals surface area contributed by atoms with Crippen molar-refractivity contribution in [3.63, 3.8) is 0 Å². The number of amides is 1. The normalized spacial score (nSPS) is 12.9. The fourth-order valence-corrected chi connectivity index (χ4v) is 5.35. The van der Waals surface area contributed by atoms with Crippen molar-refractivity contribution in [3.8, 4) is 0 Å². The molecule has 26 heavy (non-hydrogen) atoms. The highest BCUT2D eigenvalue weighted by Crippen LogP contribution is 2.48. The number of thiophene rings is 1. The van der Waals surface area contributed by atoms with Gasteiger partial charge in [-0.2, -0.15) is 0 Å². The van der Waals surface area contributed by atoms with Crippen molar-refractivity contribution in [1.29, 1.82) is 0 Å². The Morgan fingerprint density at radius 2 is 1.85 bits per heavy atom. The van der Waals surface area contributed by atoms with Gasteiger partial charge in [0.25, 0.3) is 0 Å². The largest absolute Gasteiger partial charge is 0.346 e. The first-order chi connectivity index (χ1) is 12.4. The molecule has 0 aliphatic rings. The van der Waals surface area contributed by atoms with E-state index in [4.69, 9.17) is 9.05 Å². The monoisotopic (exact) mass is 397 g/mol. The van der Waals surface area contributed by atoms with E-state index in [9.17, 15) is 14.2 Å². The van der Waals surface area contributed by atoms with E-state index in [1.807, 2.05) is 29.6 Å². The van der Waals surface area contributed by atoms with Gasteiger partial charge in [-0.3, -0.25) is 14.2 Å². The van der Waals surface area contributed by atoms with Gasteiger partial charge in [0.2, 0.25) is 5.91 Å². The van der Waals surface area contributed by atoms with Gasteiger partial charge >= 0.3 is 7.60 Å². The SMILES string of the molecule is CCOP(=O)(CC(=O)C(Cc1csc2ccccc12)NC(C)=O)OCC. The molecule has 8 heteroatoms. The van der Waals surface area contributed by atoms with Gasteiger partial charge in [0.15, 0.2) is 5.78 Å². The molecule has 1 amide bonds. The predicted octanol–water partition coefficient (Wildman–Crippen LogP) is 3.78. The van der Waals surface area contributed by atoms with E-state index in [0.29, 0.717) is 6.42 Å². The van der Waals surface area contributed by atoms with Crippen LogP contribution in [0.4, 0.5) is 0 Å². The number of hydrogen-bond donors (Lipinski definition) is 1. The summed E-state index contributed by atoms with van der Waals surface area (Å²) in [5.41, 5.74) is 0.973. The molecule has 0 aliphatic carbocycles. The van der Waals surface area contributed by atoms with E-state index in [-0.39, 0.29) is 31.1 Å². The number of benzene rings is 1. The quantitative estimate of drug-likeness (QED) is 0.617. The van der Waals surface area contributed by atoms with E-state index in [1.165, 1.54) is 6.92 Å². The zero-order valence-electron chi connectivity index (χ0n) is 15.2. The topological polar surface area (TPSA) is 81.7 Å². The smallest absolute Gasteiger partial charge is 0.338 e. The average Bonchev–Trinajstić information content (AvgIpc) is 2.97. The van der Waals surface area contributed by atoms with Crippen molar-refractivity contribution in [2.24, 2.45) is 0 Å². The van der Waals surface area contributed by atoms with Crippen molar-refractivity contribution in [2.75, 3.05) is 19.4 Å². The minimum atomic E-state index is -3.51. The number of ketones is 1. The molecule has 0 radical (unpaired) electrons. The summed E-state index contributed by atoms with van der Waals surface area (Å²) >= 11 is 1.59. The Morgan fingerprint density at radius 1 is 1.19 bits per heavy atom. The molecule has 0 saturated heterocycles. The minimum Gasteiger partial charge on any atom is -0.346 e. The van der Waals surface area contributed by atoms with Crippen LogP contribution in [0.3, 0.4) is 0 Å². The summed E-state index contributed by atoms with van der Waals surface area (Å²) in [6.45, 7) is 5.11. The Balaban J connectivity index is 2.22. The Hall–Kier alpha value is -1.53. The second-order valence-corrected chi connectivity index (χ2v) is 8.75. The third-order valence-corrected chi connectivity index (χ3v) is 6.77. The van der Waals surface area contributed by atoms with Gasteiger partial charge in [-0.25, -0.2) is 0 Å². The van der Waals surface area contributed by atoms with Crippen LogP contribution < -0.4 is 5.32 Å². The van der Waals surface area contributed by atoms with E-state index < -0.39 is 13.6 Å². The molecule has 0 fully saturated rings. The molecule has 0 bridgehead atoms. The van der Waals surface area contributed by atoms with Crippen LogP contribution in [-0.4, -0.2) is 37.1 Å². The average molecular weight is 397 g/mol. The highest BCUT2D eigenvalue weighted by Gasteiger charge is 2.32. The lowest BCUT2D eigenvalue weighted by atomic mass is 10.0. The molecule has 0 aliphatic heterocycles. The fourth-order valence-electron chi connectivity index (χ4n) is 2.72. The van der Waals surface area contributed by atoms with Crippen LogP contribution in [0.5, 0.6) is 0 Å². The van der Waals surface area contributed by atoms with Crippen molar-refractivity contribution in [1.82, 2.24) is 5.32 Å². The van der Waals surface area contributed by atoms with E-state index in [2.05, 4.69) is 5.32 Å². The summed E-state index contributed by atoms with van der Waals surface area (Å²) in [5, 5.41) is 5.71. The molecular weight excluding hydrogens is 373 g/mol. The molecule has 2 rings (SSSR count). The molecule has 1 unspecified atom stereocenters. The lowest BCUT2D eigenvalue weighted by Gasteiger charge is -2.21. The van der Waals surface area contributed by atoms with Crippen LogP contribution in [0.2, 0.25) is 0 Å². The fraction of sp³-hybridized carbons (Fsp3) is 0.444. The molecule has 6 nitrogen and oxygen atoms in total. The van der Waals surface area contributed by atoms with Crippen molar-refractivity contribution in [3.05, 3.63) is 35.2 Å². The Labute approximate surface area is 157 Å². The Bertz CT molecular complexity index is 809. The number of nitrogens with one attached hydrogen (secondary N) is 1. The highest BCUT2D eigenvalue weighted by molar-refractivity contribution is 7.54. The second kappa shape index (κ2) is 9.42. The van der Waals surface area contributed by atoms with Crippen LogP contribution in [0.25, 0.3) is 10.1 Å². The maximum atomic E-state index is 12.8. The zero-order chi connectivity index (χ0) is 19.2. The number of hydrogen-bond acceptors (Lipinski definition) is 6. The maximum absolute atomic E-state index is 12.8. The molecule has 1 aromatic carbocycles. The number of rotatable bonds is 10. The van der Waals surface area contributed by atoms with Crippen molar-refractivity contribution < 1.29 is 23.2 Å². The molecule has 1 aromatic heterocycles. The molecule has 142 valence electrons. The Kier molecular flexibility index (Phi) is 7.53. The summed E-state index contributed by atoms with van der Waals surface area (Å²) in [4.78, 5) is 24.3. The van der Waals surface area contributed by atoms with Crippen LogP contribution in [0.1, 0.15) is 26.3 Å². The van der Waals surface area contributed by atoms with Gasteiger partial charge in [0.1, 0.15) is 6.16 Å². The van der Waals surface area contributed by atoms with Crippen molar-refractivity contribution >= 4 is 40.7 Å². The summed E-state index contributed by atoms with van der Waals surface area (Å²) in [5.74, 6) is -0.675. The number of carbonyl (C=O) groups is 2. The van der Waals surface area contributed by atoms with Crippen LogP contribution >= 0.6 is 18.9 Å². The summed E-state index contributed by atoms with van der Waals surface area (Å²) < 4.78 is 24.2. The molecular formula is C18H24NO5PS. The van der Waals surface area contributed by atoms with Crippen LogP contribution in [0.15, 0.2) is 29.6 Å². The molecule has 0 saturated carbocycles. The first-order valence-electron chi connectivity index (χ1n) is 8.51. The lowest BCUT2D eigenvalue weighted by molar-refractivity contribution is -0.125. The van der Waals surface area contributed by atoms with Gasteiger partial charge in [-0.15, -0.1) is 11.3 Å². The maximum Gasteiger partial charge on any atom is 0.338 e. The zero-order valence-corrected chi connectivity index (χ0v) is 16.9. The predicted molar refractivity (Wildman–Crippen MR) is 104 cm³/mol. The number of carbonyl (C=O) groups excluding carboxylic acids is 2. The third-order valence-electron chi connectivity index (χ3n) is 3.75. The van der Waals surface area contributed by atoms with E-state index in [1.54, 1.807) is 25.2 Å². The molecule has 2 aromatic rings. The van der Waals surface area contributed by atoms with Crippen LogP contribution in [0, 0.1) is 0 Å². The molecule has 1 heterocycles. The van der Waals surface area contributed by atoms with Gasteiger partial charge < -0.3 is 14.4 Å². The Morgan fingerprint density at radius 3 is 2.46 bits per heavy atom. The van der Waals surface area contributed by atoms with Gasteiger partial charge in [-0.05, 0) is 36.2 Å². The first-order valence-corrected chi connectivity index (χ1v) is 11.1. The lowest BCUT2D eigenvalue weighted by Crippen LogP contribution is -2.42. The minimum absolute atomic E-state index is 0.185. The number of fused-ring (bicyclic) bond motifs is 1. The molecule has 1 N–H and O–H groups in total.